The molecule has 0 spiro atoms. The van der Waals surface area contributed by atoms with Crippen LogP contribution < -0.4 is 0 Å². The van der Waals surface area contributed by atoms with Gasteiger partial charge in [0.15, 0.2) is 4.32 Å². The maximum absolute atomic E-state index is 11.8. The number of hydrogen-bond donors (Lipinski definition) is 0. The molecule has 0 atom stereocenters. The molecule has 76 valence electrons. The predicted molar refractivity (Wildman–Crippen MR) is 59.9 cm³/mol. The molecule has 0 aliphatic heterocycles. The lowest BCUT2D eigenvalue weighted by molar-refractivity contribution is 0.591. The number of benzene rings is 1. The zero-order chi connectivity index (χ0) is 10.8. The number of rotatable bonds is 1. The minimum Gasteiger partial charge on any atom is -0.359 e. The van der Waals surface area contributed by atoms with E-state index in [1.807, 2.05) is 0 Å². The van der Waals surface area contributed by atoms with Crippen LogP contribution in [0.1, 0.15) is 0 Å². The average molecular weight is 229 g/mol. The summed E-state index contributed by atoms with van der Waals surface area (Å²) in [7, 11) is -0.253. The molecule has 0 fully saturated rings. The van der Waals surface area contributed by atoms with Crippen molar-refractivity contribution in [3.63, 3.8) is 0 Å². The van der Waals surface area contributed by atoms with E-state index in [0.29, 0.717) is 0 Å². The summed E-state index contributed by atoms with van der Waals surface area (Å²) in [6.07, 6.45) is 0. The van der Waals surface area contributed by atoms with E-state index in [9.17, 15) is 8.42 Å². The highest BCUT2D eigenvalue weighted by Crippen LogP contribution is 2.12. The maximum atomic E-state index is 11.8. The molecule has 0 aliphatic carbocycles. The van der Waals surface area contributed by atoms with Crippen LogP contribution in [0.5, 0.6) is 0 Å². The van der Waals surface area contributed by atoms with Gasteiger partial charge in [0.05, 0.1) is 4.90 Å². The van der Waals surface area contributed by atoms with Gasteiger partial charge in [-0.1, -0.05) is 18.2 Å². The molecule has 3 nitrogen and oxygen atoms in total. The van der Waals surface area contributed by atoms with E-state index < -0.39 is 9.84 Å². The van der Waals surface area contributed by atoms with Crippen molar-refractivity contribution in [2.45, 2.75) is 4.90 Å². The molecular formula is C9H11NO2S2. The Hall–Kier alpha value is -0.940. The summed E-state index contributed by atoms with van der Waals surface area (Å²) < 4.78 is 23.5. The van der Waals surface area contributed by atoms with Gasteiger partial charge in [0, 0.05) is 14.1 Å². The third-order valence-electron chi connectivity index (χ3n) is 1.65. The standard InChI is InChI=1S/C9H11NO2S2/c1-10(2)9(13)14(11,12)8-6-4-3-5-7-8/h3-7H,1-2H3. The normalized spacial score (nSPS) is 11.0. The largest absolute Gasteiger partial charge is 0.359 e. The Morgan fingerprint density at radius 1 is 1.21 bits per heavy atom. The molecule has 0 N–H and O–H groups in total. The molecular weight excluding hydrogens is 218 g/mol. The van der Waals surface area contributed by atoms with Crippen LogP contribution in [-0.2, 0) is 9.84 Å². The summed E-state index contributed by atoms with van der Waals surface area (Å²) >= 11 is 4.83. The van der Waals surface area contributed by atoms with Crippen molar-refractivity contribution < 1.29 is 8.42 Å². The van der Waals surface area contributed by atoms with Crippen LogP contribution in [0.15, 0.2) is 35.2 Å². The van der Waals surface area contributed by atoms with Gasteiger partial charge in [-0.05, 0) is 24.4 Å². The lowest BCUT2D eigenvalue weighted by Gasteiger charge is -2.13. The first-order valence-electron chi connectivity index (χ1n) is 3.97. The van der Waals surface area contributed by atoms with Crippen molar-refractivity contribution in [2.75, 3.05) is 14.1 Å². The number of thiocarbonyl (C=S) groups is 1. The molecule has 1 aromatic rings. The second-order valence-electron chi connectivity index (χ2n) is 2.98. The highest BCUT2D eigenvalue weighted by molar-refractivity contribution is 8.17. The Morgan fingerprint density at radius 3 is 2.14 bits per heavy atom. The Morgan fingerprint density at radius 2 is 1.71 bits per heavy atom. The Kier molecular flexibility index (Phi) is 3.23. The second-order valence-corrected chi connectivity index (χ2v) is 5.49. The van der Waals surface area contributed by atoms with E-state index in [1.165, 1.54) is 17.0 Å². The molecule has 0 aliphatic rings. The predicted octanol–water partition coefficient (Wildman–Crippen LogP) is 1.31. The van der Waals surface area contributed by atoms with Crippen molar-refractivity contribution in [2.24, 2.45) is 0 Å². The van der Waals surface area contributed by atoms with E-state index >= 15 is 0 Å². The highest BCUT2D eigenvalue weighted by atomic mass is 32.2. The van der Waals surface area contributed by atoms with Crippen molar-refractivity contribution in [3.8, 4) is 0 Å². The lowest BCUT2D eigenvalue weighted by atomic mass is 10.4. The third kappa shape index (κ3) is 2.10. The van der Waals surface area contributed by atoms with Gasteiger partial charge < -0.3 is 4.90 Å². The summed E-state index contributed by atoms with van der Waals surface area (Å²) in [5, 5.41) is 0. The molecule has 0 heterocycles. The molecule has 0 unspecified atom stereocenters. The van der Waals surface area contributed by atoms with Crippen molar-refractivity contribution in [3.05, 3.63) is 30.3 Å². The van der Waals surface area contributed by atoms with Crippen LogP contribution in [0, 0.1) is 0 Å². The first-order chi connectivity index (χ1) is 6.46. The molecule has 0 radical (unpaired) electrons. The summed E-state index contributed by atoms with van der Waals surface area (Å²) in [4.78, 5) is 1.65. The van der Waals surface area contributed by atoms with E-state index in [2.05, 4.69) is 0 Å². The Labute approximate surface area is 89.3 Å². The lowest BCUT2D eigenvalue weighted by Crippen LogP contribution is -2.28. The Balaban J connectivity index is 3.17. The average Bonchev–Trinajstić information content (AvgIpc) is 2.18. The van der Waals surface area contributed by atoms with Crippen molar-refractivity contribution >= 4 is 26.4 Å². The van der Waals surface area contributed by atoms with E-state index in [4.69, 9.17) is 12.2 Å². The second kappa shape index (κ2) is 4.06. The molecule has 0 saturated heterocycles. The van der Waals surface area contributed by atoms with Gasteiger partial charge >= 0.3 is 0 Å². The summed E-state index contributed by atoms with van der Waals surface area (Å²) in [5.74, 6) is 0. The zero-order valence-corrected chi connectivity index (χ0v) is 9.60. The SMILES string of the molecule is CN(C)C(=S)S(=O)(=O)c1ccccc1. The van der Waals surface area contributed by atoms with Gasteiger partial charge in [0.1, 0.15) is 0 Å². The van der Waals surface area contributed by atoms with Crippen LogP contribution in [0.25, 0.3) is 0 Å². The smallest absolute Gasteiger partial charge is 0.232 e. The zero-order valence-electron chi connectivity index (χ0n) is 7.97. The van der Waals surface area contributed by atoms with Crippen LogP contribution in [-0.4, -0.2) is 31.7 Å². The maximum Gasteiger partial charge on any atom is 0.232 e. The van der Waals surface area contributed by atoms with E-state index in [1.54, 1.807) is 32.3 Å². The summed E-state index contributed by atoms with van der Waals surface area (Å²) in [6, 6.07) is 8.17. The van der Waals surface area contributed by atoms with Gasteiger partial charge in [-0.2, -0.15) is 0 Å². The molecule has 1 aromatic carbocycles. The van der Waals surface area contributed by atoms with E-state index in [0.717, 1.165) is 0 Å². The summed E-state index contributed by atoms with van der Waals surface area (Å²) in [6.45, 7) is 0. The molecule has 0 aromatic heterocycles. The van der Waals surface area contributed by atoms with E-state index in [-0.39, 0.29) is 9.22 Å². The van der Waals surface area contributed by atoms with Gasteiger partial charge in [-0.15, -0.1) is 0 Å². The van der Waals surface area contributed by atoms with Gasteiger partial charge in [0.2, 0.25) is 9.84 Å². The molecule has 14 heavy (non-hydrogen) atoms. The number of sulfone groups is 1. The van der Waals surface area contributed by atoms with Gasteiger partial charge in [-0.3, -0.25) is 0 Å². The molecule has 1 rings (SSSR count). The third-order valence-corrected chi connectivity index (χ3v) is 4.39. The molecule has 0 bridgehead atoms. The van der Waals surface area contributed by atoms with Crippen molar-refractivity contribution in [1.29, 1.82) is 0 Å². The fourth-order valence-corrected chi connectivity index (χ4v) is 2.43. The van der Waals surface area contributed by atoms with Gasteiger partial charge in [-0.25, -0.2) is 8.42 Å². The molecule has 5 heteroatoms. The van der Waals surface area contributed by atoms with Crippen LogP contribution in [0.3, 0.4) is 0 Å². The monoisotopic (exact) mass is 229 g/mol. The van der Waals surface area contributed by atoms with Crippen LogP contribution >= 0.6 is 12.2 Å². The minimum atomic E-state index is -3.48. The van der Waals surface area contributed by atoms with Crippen molar-refractivity contribution in [1.82, 2.24) is 4.90 Å². The topological polar surface area (TPSA) is 37.4 Å². The number of hydrogen-bond acceptors (Lipinski definition) is 3. The first kappa shape index (κ1) is 11.1. The van der Waals surface area contributed by atoms with Gasteiger partial charge in [0.25, 0.3) is 0 Å². The molecule has 0 amide bonds. The minimum absolute atomic E-state index is 0.0660. The summed E-state index contributed by atoms with van der Waals surface area (Å²) in [5.41, 5.74) is 0. The fraction of sp³-hybridized carbons (Fsp3) is 0.222. The van der Waals surface area contributed by atoms with Crippen LogP contribution in [0.2, 0.25) is 0 Å². The first-order valence-corrected chi connectivity index (χ1v) is 5.87. The fourth-order valence-electron chi connectivity index (χ4n) is 0.941. The molecule has 0 saturated carbocycles. The Bertz CT molecular complexity index is 423. The van der Waals surface area contributed by atoms with Crippen LogP contribution in [0.4, 0.5) is 0 Å². The highest BCUT2D eigenvalue weighted by Gasteiger charge is 2.21. The quantitative estimate of drug-likeness (QED) is 0.680. The number of nitrogens with zero attached hydrogens (tertiary/aromatic N) is 1.